The molecule has 1 saturated carbocycles. The molecule has 0 aromatic heterocycles. The minimum Gasteiger partial charge on any atom is -0.444 e. The van der Waals surface area contributed by atoms with Crippen molar-refractivity contribution in [2.75, 3.05) is 20.1 Å². The van der Waals surface area contributed by atoms with Crippen molar-refractivity contribution in [3.8, 4) is 0 Å². The summed E-state index contributed by atoms with van der Waals surface area (Å²) in [6, 6.07) is 1.19. The maximum atomic E-state index is 11.9. The van der Waals surface area contributed by atoms with Gasteiger partial charge in [0.05, 0.1) is 0 Å². The van der Waals surface area contributed by atoms with Crippen LogP contribution in [0.3, 0.4) is 0 Å². The predicted octanol–water partition coefficient (Wildman–Crippen LogP) is 2.12. The first-order valence-corrected chi connectivity index (χ1v) is 8.27. The number of nitrogens with zero attached hydrogens (tertiary/aromatic N) is 1. The molecule has 21 heavy (non-hydrogen) atoms. The van der Waals surface area contributed by atoms with Crippen LogP contribution in [-0.4, -0.2) is 54.9 Å². The first kappa shape index (κ1) is 16.6. The maximum Gasteiger partial charge on any atom is 0.407 e. The average Bonchev–Trinajstić information content (AvgIpc) is 2.77. The molecule has 1 aliphatic heterocycles. The Morgan fingerprint density at radius 2 is 1.71 bits per heavy atom. The van der Waals surface area contributed by atoms with Gasteiger partial charge in [-0.1, -0.05) is 0 Å². The Morgan fingerprint density at radius 3 is 2.33 bits per heavy atom. The van der Waals surface area contributed by atoms with Gasteiger partial charge in [-0.05, 0) is 73.0 Å². The maximum absolute atomic E-state index is 11.9. The van der Waals surface area contributed by atoms with Crippen molar-refractivity contribution in [3.63, 3.8) is 0 Å². The number of hydrogen-bond acceptors (Lipinski definition) is 4. The minimum atomic E-state index is -0.431. The molecule has 5 nitrogen and oxygen atoms in total. The normalized spacial score (nSPS) is 28.6. The highest BCUT2D eigenvalue weighted by Crippen LogP contribution is 2.22. The molecule has 0 unspecified atom stereocenters. The van der Waals surface area contributed by atoms with Crippen LogP contribution in [0.1, 0.15) is 52.9 Å². The van der Waals surface area contributed by atoms with E-state index < -0.39 is 5.60 Å². The zero-order valence-electron chi connectivity index (χ0n) is 13.9. The van der Waals surface area contributed by atoms with Gasteiger partial charge in [0.15, 0.2) is 0 Å². The minimum absolute atomic E-state index is 0.208. The summed E-state index contributed by atoms with van der Waals surface area (Å²) in [7, 11) is 2.18. The number of piperidine rings is 1. The van der Waals surface area contributed by atoms with Crippen LogP contribution in [0, 0.1) is 0 Å². The third-order valence-corrected chi connectivity index (χ3v) is 4.39. The number of carbonyl (C=O) groups is 1. The zero-order valence-corrected chi connectivity index (χ0v) is 13.9. The third-order valence-electron chi connectivity index (χ3n) is 4.39. The molecule has 2 N–H and O–H groups in total. The smallest absolute Gasteiger partial charge is 0.407 e. The van der Waals surface area contributed by atoms with E-state index in [2.05, 4.69) is 22.6 Å². The molecule has 2 atom stereocenters. The molecule has 1 aliphatic carbocycles. The van der Waals surface area contributed by atoms with E-state index in [1.807, 2.05) is 20.8 Å². The van der Waals surface area contributed by atoms with Crippen molar-refractivity contribution < 1.29 is 9.53 Å². The lowest BCUT2D eigenvalue weighted by molar-refractivity contribution is 0.0495. The number of ether oxygens (including phenoxy) is 1. The van der Waals surface area contributed by atoms with Crippen LogP contribution in [0.2, 0.25) is 0 Å². The van der Waals surface area contributed by atoms with Gasteiger partial charge in [0.1, 0.15) is 5.60 Å². The van der Waals surface area contributed by atoms with Gasteiger partial charge in [0, 0.05) is 18.1 Å². The fourth-order valence-electron chi connectivity index (χ4n) is 3.27. The molecular formula is C16H31N3O2. The molecule has 1 amide bonds. The van der Waals surface area contributed by atoms with Crippen LogP contribution in [0.5, 0.6) is 0 Å². The average molecular weight is 297 g/mol. The molecule has 0 aromatic carbocycles. The van der Waals surface area contributed by atoms with Crippen LogP contribution in [-0.2, 0) is 4.74 Å². The third kappa shape index (κ3) is 5.47. The molecule has 0 aromatic rings. The van der Waals surface area contributed by atoms with E-state index in [9.17, 15) is 4.79 Å². The van der Waals surface area contributed by atoms with E-state index in [4.69, 9.17) is 4.74 Å². The Morgan fingerprint density at radius 1 is 1.10 bits per heavy atom. The van der Waals surface area contributed by atoms with E-state index in [-0.39, 0.29) is 12.1 Å². The fourth-order valence-corrected chi connectivity index (χ4v) is 3.27. The van der Waals surface area contributed by atoms with Crippen molar-refractivity contribution >= 4 is 6.09 Å². The van der Waals surface area contributed by atoms with Gasteiger partial charge in [-0.3, -0.25) is 0 Å². The molecule has 2 fully saturated rings. The second-order valence-electron chi connectivity index (χ2n) is 7.53. The Balaban J connectivity index is 1.79. The largest absolute Gasteiger partial charge is 0.444 e. The lowest BCUT2D eigenvalue weighted by Crippen LogP contribution is -2.52. The van der Waals surface area contributed by atoms with Crippen LogP contribution in [0.4, 0.5) is 4.79 Å². The molecule has 2 aliphatic rings. The fraction of sp³-hybridized carbons (Fsp3) is 0.938. The van der Waals surface area contributed by atoms with Gasteiger partial charge in [0.2, 0.25) is 0 Å². The van der Waals surface area contributed by atoms with E-state index in [0.717, 1.165) is 25.9 Å². The second kappa shape index (κ2) is 6.97. The molecule has 2 rings (SSSR count). The van der Waals surface area contributed by atoms with Crippen molar-refractivity contribution in [2.24, 2.45) is 0 Å². The Bertz CT molecular complexity index is 346. The summed E-state index contributed by atoms with van der Waals surface area (Å²) < 4.78 is 5.37. The molecule has 1 saturated heterocycles. The number of hydrogen-bond donors (Lipinski definition) is 2. The molecule has 122 valence electrons. The monoisotopic (exact) mass is 297 g/mol. The summed E-state index contributed by atoms with van der Waals surface area (Å²) in [6.07, 6.45) is 5.48. The van der Waals surface area contributed by atoms with Crippen molar-refractivity contribution in [1.82, 2.24) is 15.5 Å². The summed E-state index contributed by atoms with van der Waals surface area (Å²) in [6.45, 7) is 8.02. The predicted molar refractivity (Wildman–Crippen MR) is 84.5 cm³/mol. The molecule has 5 heteroatoms. The molecule has 0 bridgehead atoms. The van der Waals surface area contributed by atoms with Crippen molar-refractivity contribution in [3.05, 3.63) is 0 Å². The van der Waals surface area contributed by atoms with E-state index in [1.165, 1.54) is 19.3 Å². The van der Waals surface area contributed by atoms with Crippen molar-refractivity contribution in [1.29, 1.82) is 0 Å². The molecule has 0 radical (unpaired) electrons. The van der Waals surface area contributed by atoms with E-state index in [0.29, 0.717) is 12.1 Å². The number of likely N-dealkylation sites (tertiary alicyclic amines) is 1. The Hall–Kier alpha value is -0.810. The highest BCUT2D eigenvalue weighted by molar-refractivity contribution is 5.68. The number of carbonyl (C=O) groups excluding carboxylic acids is 1. The summed E-state index contributed by atoms with van der Waals surface area (Å²) in [5.41, 5.74) is -0.431. The molecule has 0 spiro atoms. The quantitative estimate of drug-likeness (QED) is 0.838. The summed E-state index contributed by atoms with van der Waals surface area (Å²) >= 11 is 0. The summed E-state index contributed by atoms with van der Waals surface area (Å²) in [5, 5.41) is 6.81. The van der Waals surface area contributed by atoms with Crippen LogP contribution < -0.4 is 10.6 Å². The molecular weight excluding hydrogens is 266 g/mol. The number of nitrogens with one attached hydrogen (secondary N) is 2. The van der Waals surface area contributed by atoms with Gasteiger partial charge >= 0.3 is 6.09 Å². The Labute approximate surface area is 128 Å². The van der Waals surface area contributed by atoms with E-state index >= 15 is 0 Å². The lowest BCUT2D eigenvalue weighted by Gasteiger charge is -2.33. The van der Waals surface area contributed by atoms with Gasteiger partial charge in [-0.2, -0.15) is 0 Å². The number of rotatable bonds is 3. The summed E-state index contributed by atoms with van der Waals surface area (Å²) in [5.74, 6) is 0. The van der Waals surface area contributed by atoms with Crippen molar-refractivity contribution in [2.45, 2.75) is 76.6 Å². The first-order valence-electron chi connectivity index (χ1n) is 8.27. The Kier molecular flexibility index (Phi) is 5.49. The van der Waals surface area contributed by atoms with Crippen LogP contribution in [0.25, 0.3) is 0 Å². The lowest BCUT2D eigenvalue weighted by atomic mass is 10.0. The van der Waals surface area contributed by atoms with E-state index in [1.54, 1.807) is 0 Å². The van der Waals surface area contributed by atoms with Gasteiger partial charge in [-0.15, -0.1) is 0 Å². The van der Waals surface area contributed by atoms with Crippen LogP contribution in [0.15, 0.2) is 0 Å². The number of alkyl carbamates (subject to hydrolysis) is 1. The standard InChI is InChI=1S/C16H31N3O2/c1-16(2,3)21-15(20)18-14-7-5-6-13(14)17-12-8-10-19(4)11-9-12/h12-14,17H,5-11H2,1-4H3,(H,18,20)/t13-,14+/m1/s1. The summed E-state index contributed by atoms with van der Waals surface area (Å²) in [4.78, 5) is 14.3. The van der Waals surface area contributed by atoms with Gasteiger partial charge in [0.25, 0.3) is 0 Å². The number of amides is 1. The molecule has 1 heterocycles. The van der Waals surface area contributed by atoms with Crippen LogP contribution >= 0.6 is 0 Å². The topological polar surface area (TPSA) is 53.6 Å². The highest BCUT2D eigenvalue weighted by atomic mass is 16.6. The van der Waals surface area contributed by atoms with Gasteiger partial charge in [-0.25, -0.2) is 4.79 Å². The first-order chi connectivity index (χ1) is 9.83. The second-order valence-corrected chi connectivity index (χ2v) is 7.53. The SMILES string of the molecule is CN1CCC(N[C@@H]2CCC[C@@H]2NC(=O)OC(C)(C)C)CC1. The zero-order chi connectivity index (χ0) is 15.5. The van der Waals surface area contributed by atoms with Gasteiger partial charge < -0.3 is 20.3 Å². The highest BCUT2D eigenvalue weighted by Gasteiger charge is 2.32.